The van der Waals surface area contributed by atoms with E-state index in [0.717, 1.165) is 17.8 Å². The van der Waals surface area contributed by atoms with Gasteiger partial charge in [-0.3, -0.25) is 4.79 Å². The third-order valence-electron chi connectivity index (χ3n) is 6.85. The number of nitrogens with one attached hydrogen (secondary N) is 1. The Hall–Kier alpha value is -1.82. The van der Waals surface area contributed by atoms with Crippen LogP contribution >= 0.6 is 11.3 Å². The zero-order valence-electron chi connectivity index (χ0n) is 15.0. The Morgan fingerprint density at radius 3 is 2.38 bits per heavy atom. The summed E-state index contributed by atoms with van der Waals surface area (Å²) < 4.78 is 0. The van der Waals surface area contributed by atoms with Gasteiger partial charge in [0.2, 0.25) is 0 Å². The van der Waals surface area contributed by atoms with Crippen molar-refractivity contribution in [3.05, 3.63) is 29.5 Å². The largest absolute Gasteiger partial charge is 0.348 e. The molecule has 4 fully saturated rings. The number of hydrogen-bond acceptors (Lipinski definition) is 5. The molecule has 0 spiro atoms. The second kappa shape index (κ2) is 6.12. The molecule has 2 aromatic heterocycles. The highest BCUT2D eigenvalue weighted by atomic mass is 32.1. The quantitative estimate of drug-likeness (QED) is 0.888. The molecule has 0 aliphatic heterocycles. The summed E-state index contributed by atoms with van der Waals surface area (Å²) in [6.07, 6.45) is 11.5. The van der Waals surface area contributed by atoms with Crippen LogP contribution in [0.5, 0.6) is 0 Å². The van der Waals surface area contributed by atoms with E-state index in [9.17, 15) is 4.79 Å². The standard InChI is InChI=1S/C20H24N4OS/c1-12(20-8-13-5-14(9-20)7-15(6-13)10-20)23-18(25)16-11-26-19(24-16)17-21-3-2-4-22-17/h2-4,11-15H,5-10H2,1H3,(H,23,25)/t12-,13?,14?,15?,20?/m1/s1. The first-order valence-electron chi connectivity index (χ1n) is 9.65. The fourth-order valence-electron chi connectivity index (χ4n) is 6.02. The molecule has 2 aromatic rings. The van der Waals surface area contributed by atoms with Crippen LogP contribution in [0, 0.1) is 23.2 Å². The topological polar surface area (TPSA) is 67.8 Å². The van der Waals surface area contributed by atoms with Gasteiger partial charge >= 0.3 is 0 Å². The van der Waals surface area contributed by atoms with E-state index >= 15 is 0 Å². The van der Waals surface area contributed by atoms with Gasteiger partial charge in [0.05, 0.1) is 0 Å². The first-order chi connectivity index (χ1) is 12.6. The highest BCUT2D eigenvalue weighted by Crippen LogP contribution is 2.61. The molecule has 4 bridgehead atoms. The van der Waals surface area contributed by atoms with Crippen LogP contribution in [0.2, 0.25) is 0 Å². The maximum absolute atomic E-state index is 12.8. The zero-order valence-corrected chi connectivity index (χ0v) is 15.8. The van der Waals surface area contributed by atoms with Crippen molar-refractivity contribution in [2.24, 2.45) is 23.2 Å². The molecule has 0 unspecified atom stereocenters. The van der Waals surface area contributed by atoms with Crippen LogP contribution in [0.1, 0.15) is 55.9 Å². The summed E-state index contributed by atoms with van der Waals surface area (Å²) in [6, 6.07) is 1.99. The summed E-state index contributed by atoms with van der Waals surface area (Å²) in [5, 5.41) is 5.79. The van der Waals surface area contributed by atoms with Crippen LogP contribution in [0.4, 0.5) is 0 Å². The number of aromatic nitrogens is 3. The van der Waals surface area contributed by atoms with E-state index in [2.05, 4.69) is 27.2 Å². The van der Waals surface area contributed by atoms with Crippen molar-refractivity contribution in [3.8, 4) is 10.8 Å². The number of hydrogen-bond donors (Lipinski definition) is 1. The maximum Gasteiger partial charge on any atom is 0.271 e. The highest BCUT2D eigenvalue weighted by molar-refractivity contribution is 7.13. The minimum absolute atomic E-state index is 0.0633. The van der Waals surface area contributed by atoms with Crippen LogP contribution in [-0.2, 0) is 0 Å². The fraction of sp³-hybridized carbons (Fsp3) is 0.600. The van der Waals surface area contributed by atoms with Crippen LogP contribution in [-0.4, -0.2) is 26.9 Å². The normalized spacial score (nSPS) is 33.2. The third kappa shape index (κ3) is 2.75. The maximum atomic E-state index is 12.8. The van der Waals surface area contributed by atoms with Gasteiger partial charge in [0.25, 0.3) is 5.91 Å². The fourth-order valence-corrected chi connectivity index (χ4v) is 6.77. The van der Waals surface area contributed by atoms with Crippen molar-refractivity contribution < 1.29 is 4.79 Å². The van der Waals surface area contributed by atoms with E-state index in [0.29, 0.717) is 21.9 Å². The lowest BCUT2D eigenvalue weighted by atomic mass is 9.48. The molecule has 1 atom stereocenters. The van der Waals surface area contributed by atoms with Crippen molar-refractivity contribution in [2.75, 3.05) is 0 Å². The predicted octanol–water partition coefficient (Wildman–Crippen LogP) is 3.93. The van der Waals surface area contributed by atoms with Crippen LogP contribution in [0.25, 0.3) is 10.8 Å². The highest BCUT2D eigenvalue weighted by Gasteiger charge is 2.53. The van der Waals surface area contributed by atoms with Gasteiger partial charge in [-0.2, -0.15) is 0 Å². The van der Waals surface area contributed by atoms with Crippen molar-refractivity contribution in [1.82, 2.24) is 20.3 Å². The van der Waals surface area contributed by atoms with E-state index in [4.69, 9.17) is 0 Å². The molecular weight excluding hydrogens is 344 g/mol. The average molecular weight is 369 g/mol. The number of thiazole rings is 1. The summed E-state index contributed by atoms with van der Waals surface area (Å²) in [5.74, 6) is 3.18. The zero-order chi connectivity index (χ0) is 17.7. The Labute approximate surface area is 157 Å². The van der Waals surface area contributed by atoms with Gasteiger partial charge in [0.1, 0.15) is 5.69 Å². The molecule has 0 saturated heterocycles. The van der Waals surface area contributed by atoms with Gasteiger partial charge in [-0.1, -0.05) is 0 Å². The monoisotopic (exact) mass is 368 g/mol. The molecule has 1 amide bonds. The molecule has 26 heavy (non-hydrogen) atoms. The Morgan fingerprint density at radius 1 is 1.15 bits per heavy atom. The lowest BCUT2D eigenvalue weighted by Gasteiger charge is -2.59. The molecule has 4 aliphatic rings. The smallest absolute Gasteiger partial charge is 0.271 e. The first-order valence-corrected chi connectivity index (χ1v) is 10.5. The SMILES string of the molecule is C[C@@H](NC(=O)c1csc(-c2ncccn2)n1)C12CC3CC(CC(C3)C1)C2. The minimum atomic E-state index is -0.0633. The first kappa shape index (κ1) is 16.4. The summed E-state index contributed by atoms with van der Waals surface area (Å²) in [4.78, 5) is 25.7. The van der Waals surface area contributed by atoms with Crippen molar-refractivity contribution in [3.63, 3.8) is 0 Å². The number of carbonyl (C=O) groups is 1. The van der Waals surface area contributed by atoms with E-state index in [1.165, 1.54) is 49.9 Å². The molecule has 0 radical (unpaired) electrons. The third-order valence-corrected chi connectivity index (χ3v) is 7.68. The average Bonchev–Trinajstić information content (AvgIpc) is 3.11. The Morgan fingerprint density at radius 2 is 1.77 bits per heavy atom. The number of amides is 1. The van der Waals surface area contributed by atoms with Gasteiger partial charge < -0.3 is 5.32 Å². The molecule has 6 heteroatoms. The van der Waals surface area contributed by atoms with Gasteiger partial charge in [-0.15, -0.1) is 11.3 Å². The molecule has 0 aromatic carbocycles. The molecular formula is C20H24N4OS. The Bertz CT molecular complexity index is 783. The van der Waals surface area contributed by atoms with E-state index in [1.54, 1.807) is 18.5 Å². The lowest BCUT2D eigenvalue weighted by molar-refractivity contribution is -0.0688. The number of rotatable bonds is 4. The summed E-state index contributed by atoms with van der Waals surface area (Å²) >= 11 is 1.42. The van der Waals surface area contributed by atoms with Crippen molar-refractivity contribution in [1.29, 1.82) is 0 Å². The predicted molar refractivity (Wildman–Crippen MR) is 101 cm³/mol. The van der Waals surface area contributed by atoms with E-state index in [1.807, 2.05) is 5.38 Å². The molecule has 6 rings (SSSR count). The Kier molecular flexibility index (Phi) is 3.85. The molecule has 2 heterocycles. The molecule has 1 N–H and O–H groups in total. The van der Waals surface area contributed by atoms with E-state index in [-0.39, 0.29) is 11.9 Å². The van der Waals surface area contributed by atoms with Crippen LogP contribution < -0.4 is 5.32 Å². The summed E-state index contributed by atoms with van der Waals surface area (Å²) in [6.45, 7) is 2.21. The minimum Gasteiger partial charge on any atom is -0.348 e. The van der Waals surface area contributed by atoms with Crippen molar-refractivity contribution >= 4 is 17.2 Å². The van der Waals surface area contributed by atoms with Crippen LogP contribution in [0.3, 0.4) is 0 Å². The van der Waals surface area contributed by atoms with E-state index < -0.39 is 0 Å². The second-order valence-electron chi connectivity index (χ2n) is 8.59. The second-order valence-corrected chi connectivity index (χ2v) is 9.44. The molecule has 4 aliphatic carbocycles. The number of nitrogens with zero attached hydrogens (tertiary/aromatic N) is 3. The molecule has 5 nitrogen and oxygen atoms in total. The van der Waals surface area contributed by atoms with Crippen LogP contribution in [0.15, 0.2) is 23.8 Å². The van der Waals surface area contributed by atoms with Gasteiger partial charge in [-0.05, 0) is 74.7 Å². The Balaban J connectivity index is 1.31. The summed E-state index contributed by atoms with van der Waals surface area (Å²) in [7, 11) is 0. The van der Waals surface area contributed by atoms with Gasteiger partial charge in [0.15, 0.2) is 10.8 Å². The molecule has 136 valence electrons. The van der Waals surface area contributed by atoms with Gasteiger partial charge in [-0.25, -0.2) is 15.0 Å². The van der Waals surface area contributed by atoms with Gasteiger partial charge in [0, 0.05) is 23.8 Å². The number of carbonyl (C=O) groups excluding carboxylic acids is 1. The lowest BCUT2D eigenvalue weighted by Crippen LogP contribution is -2.55. The molecule has 4 saturated carbocycles. The summed E-state index contributed by atoms with van der Waals surface area (Å²) in [5.41, 5.74) is 0.792. The van der Waals surface area contributed by atoms with Crippen molar-refractivity contribution in [2.45, 2.75) is 51.5 Å².